The van der Waals surface area contributed by atoms with Gasteiger partial charge in [0.15, 0.2) is 0 Å². The number of nitrogens with zero attached hydrogens (tertiary/aromatic N) is 2. The lowest BCUT2D eigenvalue weighted by Crippen LogP contribution is -2.18. The van der Waals surface area contributed by atoms with E-state index in [0.717, 1.165) is 0 Å². The minimum Gasteiger partial charge on any atom is -0.344 e. The van der Waals surface area contributed by atoms with E-state index in [2.05, 4.69) is 15.5 Å². The van der Waals surface area contributed by atoms with Crippen molar-refractivity contribution in [1.29, 1.82) is 0 Å². The van der Waals surface area contributed by atoms with E-state index in [9.17, 15) is 9.18 Å². The molecule has 1 N–H and O–H groups in total. The quantitative estimate of drug-likeness (QED) is 0.879. The first-order chi connectivity index (χ1) is 8.72. The first-order valence-corrected chi connectivity index (χ1v) is 5.61. The van der Waals surface area contributed by atoms with Gasteiger partial charge in [-0.2, -0.15) is 4.98 Å². The van der Waals surface area contributed by atoms with E-state index in [1.807, 2.05) is 0 Å². The van der Waals surface area contributed by atoms with E-state index in [0.29, 0.717) is 30.1 Å². The van der Waals surface area contributed by atoms with Gasteiger partial charge in [-0.05, 0) is 30.7 Å². The number of aromatic nitrogens is 2. The van der Waals surface area contributed by atoms with Crippen molar-refractivity contribution < 1.29 is 13.7 Å². The van der Waals surface area contributed by atoms with E-state index in [-0.39, 0.29) is 17.8 Å². The van der Waals surface area contributed by atoms with Crippen molar-refractivity contribution in [1.82, 2.24) is 15.5 Å². The van der Waals surface area contributed by atoms with Crippen LogP contribution in [0, 0.1) is 5.82 Å². The summed E-state index contributed by atoms with van der Waals surface area (Å²) in [6.45, 7) is 0. The molecule has 1 aromatic heterocycles. The van der Waals surface area contributed by atoms with Gasteiger partial charge in [-0.25, -0.2) is 4.39 Å². The number of carbonyl (C=O) groups is 1. The lowest BCUT2D eigenvalue weighted by atomic mass is 10.2. The zero-order chi connectivity index (χ0) is 12.5. The number of hydrogen-bond donors (Lipinski definition) is 1. The molecule has 1 amide bonds. The molecule has 1 unspecified atom stereocenters. The zero-order valence-corrected chi connectivity index (χ0v) is 9.39. The van der Waals surface area contributed by atoms with Crippen molar-refractivity contribution in [2.24, 2.45) is 0 Å². The van der Waals surface area contributed by atoms with Crippen LogP contribution in [0.3, 0.4) is 0 Å². The number of halogens is 1. The monoisotopic (exact) mass is 247 g/mol. The van der Waals surface area contributed by atoms with Gasteiger partial charge < -0.3 is 9.84 Å². The average molecular weight is 247 g/mol. The van der Waals surface area contributed by atoms with Gasteiger partial charge in [-0.1, -0.05) is 5.16 Å². The van der Waals surface area contributed by atoms with Crippen molar-refractivity contribution in [3.05, 3.63) is 36.0 Å². The molecule has 0 spiro atoms. The summed E-state index contributed by atoms with van der Waals surface area (Å²) in [5, 5.41) is 6.57. The predicted octanol–water partition coefficient (Wildman–Crippen LogP) is 1.83. The van der Waals surface area contributed by atoms with Gasteiger partial charge >= 0.3 is 0 Å². The lowest BCUT2D eigenvalue weighted by Gasteiger charge is -2.01. The summed E-state index contributed by atoms with van der Waals surface area (Å²) in [4.78, 5) is 15.3. The van der Waals surface area contributed by atoms with E-state index < -0.39 is 0 Å². The minimum absolute atomic E-state index is 0.0125. The summed E-state index contributed by atoms with van der Waals surface area (Å²) >= 11 is 0. The molecule has 3 rings (SSSR count). The van der Waals surface area contributed by atoms with E-state index in [1.54, 1.807) is 12.1 Å². The van der Waals surface area contributed by atoms with Crippen LogP contribution < -0.4 is 5.32 Å². The number of rotatable bonds is 2. The molecule has 18 heavy (non-hydrogen) atoms. The van der Waals surface area contributed by atoms with E-state index in [1.165, 1.54) is 12.1 Å². The van der Waals surface area contributed by atoms with Gasteiger partial charge in [0.2, 0.25) is 17.6 Å². The van der Waals surface area contributed by atoms with Gasteiger partial charge in [0.25, 0.3) is 0 Å². The minimum atomic E-state index is -0.314. The second-order valence-electron chi connectivity index (χ2n) is 4.12. The molecule has 1 aliphatic rings. The fraction of sp³-hybridized carbons (Fsp3) is 0.250. The van der Waals surface area contributed by atoms with Crippen molar-refractivity contribution in [2.45, 2.75) is 18.9 Å². The molecule has 2 aromatic rings. The summed E-state index contributed by atoms with van der Waals surface area (Å²) < 4.78 is 17.9. The molecule has 0 bridgehead atoms. The third-order valence-electron chi connectivity index (χ3n) is 2.84. The smallest absolute Gasteiger partial charge is 0.249 e. The second kappa shape index (κ2) is 4.21. The molecular formula is C12H10FN3O2. The van der Waals surface area contributed by atoms with Gasteiger partial charge in [0.05, 0.1) is 0 Å². The Morgan fingerprint density at radius 3 is 2.78 bits per heavy atom. The predicted molar refractivity (Wildman–Crippen MR) is 59.8 cm³/mol. The molecule has 92 valence electrons. The molecule has 2 heterocycles. The first-order valence-electron chi connectivity index (χ1n) is 5.61. The topological polar surface area (TPSA) is 68.0 Å². The van der Waals surface area contributed by atoms with E-state index >= 15 is 0 Å². The molecule has 1 aromatic carbocycles. The van der Waals surface area contributed by atoms with Gasteiger partial charge in [-0.15, -0.1) is 0 Å². The number of carbonyl (C=O) groups excluding carboxylic acids is 1. The van der Waals surface area contributed by atoms with Gasteiger partial charge in [-0.3, -0.25) is 4.79 Å². The lowest BCUT2D eigenvalue weighted by molar-refractivity contribution is -0.119. The van der Waals surface area contributed by atoms with Gasteiger partial charge in [0, 0.05) is 12.0 Å². The Morgan fingerprint density at radius 1 is 1.33 bits per heavy atom. The molecule has 0 saturated carbocycles. The Hall–Kier alpha value is -2.24. The van der Waals surface area contributed by atoms with Crippen LogP contribution in [0.5, 0.6) is 0 Å². The van der Waals surface area contributed by atoms with Crippen LogP contribution in [0.4, 0.5) is 4.39 Å². The van der Waals surface area contributed by atoms with Crippen molar-refractivity contribution in [3.8, 4) is 11.4 Å². The Balaban J connectivity index is 1.85. The first kappa shape index (κ1) is 10.9. The van der Waals surface area contributed by atoms with Crippen LogP contribution in [0.1, 0.15) is 24.8 Å². The highest BCUT2D eigenvalue weighted by Crippen LogP contribution is 2.24. The van der Waals surface area contributed by atoms with E-state index in [4.69, 9.17) is 4.52 Å². The molecule has 1 atom stereocenters. The van der Waals surface area contributed by atoms with Crippen LogP contribution >= 0.6 is 0 Å². The van der Waals surface area contributed by atoms with Crippen molar-refractivity contribution >= 4 is 5.91 Å². The number of hydrogen-bond acceptors (Lipinski definition) is 4. The van der Waals surface area contributed by atoms with Crippen molar-refractivity contribution in [3.63, 3.8) is 0 Å². The molecule has 0 radical (unpaired) electrons. The normalized spacial score (nSPS) is 18.9. The molecule has 0 aliphatic carbocycles. The average Bonchev–Trinajstić information content (AvgIpc) is 2.98. The maximum absolute atomic E-state index is 12.8. The molecule has 1 aliphatic heterocycles. The summed E-state index contributed by atoms with van der Waals surface area (Å²) in [7, 11) is 0. The Kier molecular flexibility index (Phi) is 2.55. The fourth-order valence-corrected chi connectivity index (χ4v) is 1.89. The highest BCUT2D eigenvalue weighted by Gasteiger charge is 2.27. The van der Waals surface area contributed by atoms with Crippen LogP contribution in [0.25, 0.3) is 11.4 Å². The molecule has 5 nitrogen and oxygen atoms in total. The standard InChI is InChI=1S/C12H10FN3O2/c13-8-3-1-7(2-4-8)11-15-12(18-16-11)9-5-6-10(17)14-9/h1-4,9H,5-6H2,(H,14,17). The number of amides is 1. The molecule has 1 saturated heterocycles. The number of nitrogens with one attached hydrogen (secondary N) is 1. The number of benzene rings is 1. The van der Waals surface area contributed by atoms with Gasteiger partial charge in [0.1, 0.15) is 11.9 Å². The largest absolute Gasteiger partial charge is 0.344 e. The summed E-state index contributed by atoms with van der Waals surface area (Å²) in [5.41, 5.74) is 0.677. The van der Waals surface area contributed by atoms with Crippen LogP contribution in [0.15, 0.2) is 28.8 Å². The van der Waals surface area contributed by atoms with Crippen LogP contribution in [-0.4, -0.2) is 16.0 Å². The third-order valence-corrected chi connectivity index (χ3v) is 2.84. The zero-order valence-electron chi connectivity index (χ0n) is 9.39. The molecule has 1 fully saturated rings. The maximum Gasteiger partial charge on any atom is 0.249 e. The maximum atomic E-state index is 12.8. The van der Waals surface area contributed by atoms with Crippen LogP contribution in [0.2, 0.25) is 0 Å². The summed E-state index contributed by atoms with van der Waals surface area (Å²) in [6, 6.07) is 5.62. The Labute approximate surface area is 102 Å². The molecular weight excluding hydrogens is 237 g/mol. The Morgan fingerprint density at radius 2 is 2.11 bits per heavy atom. The van der Waals surface area contributed by atoms with Crippen molar-refractivity contribution in [2.75, 3.05) is 0 Å². The summed E-state index contributed by atoms with van der Waals surface area (Å²) in [6.07, 6.45) is 1.13. The summed E-state index contributed by atoms with van der Waals surface area (Å²) in [5.74, 6) is 0.457. The third kappa shape index (κ3) is 1.97. The fourth-order valence-electron chi connectivity index (χ4n) is 1.89. The highest BCUT2D eigenvalue weighted by atomic mass is 19.1. The Bertz CT molecular complexity index is 579. The highest BCUT2D eigenvalue weighted by molar-refractivity contribution is 5.78. The second-order valence-corrected chi connectivity index (χ2v) is 4.12. The van der Waals surface area contributed by atoms with Crippen LogP contribution in [-0.2, 0) is 4.79 Å². The SMILES string of the molecule is O=C1CCC(c2nc(-c3ccc(F)cc3)no2)N1. The molecule has 6 heteroatoms.